The Labute approximate surface area is 252 Å². The number of carbonyl (C=O) groups is 2. The predicted octanol–water partition coefficient (Wildman–Crippen LogP) is 5.58. The molecular weight excluding hydrogens is 579 g/mol. The highest BCUT2D eigenvalue weighted by Gasteiger charge is 2.22. The lowest BCUT2D eigenvalue weighted by Crippen LogP contribution is -2.19. The highest BCUT2D eigenvalue weighted by atomic mass is 32.2. The summed E-state index contributed by atoms with van der Waals surface area (Å²) in [6.07, 6.45) is 1.81. The number of hydrogen-bond donors (Lipinski definition) is 1. The van der Waals surface area contributed by atoms with Gasteiger partial charge in [-0.1, -0.05) is 54.7 Å². The van der Waals surface area contributed by atoms with Crippen molar-refractivity contribution in [2.24, 2.45) is 0 Å². The molecule has 0 radical (unpaired) electrons. The molecule has 2 aromatic carbocycles. The summed E-state index contributed by atoms with van der Waals surface area (Å²) < 4.78 is 10.8. The summed E-state index contributed by atoms with van der Waals surface area (Å²) in [6.45, 7) is 3.74. The molecule has 1 amide bonds. The van der Waals surface area contributed by atoms with E-state index < -0.39 is 0 Å². The summed E-state index contributed by atoms with van der Waals surface area (Å²) in [5.41, 5.74) is 1.71. The number of hydrogen-bond acceptors (Lipinski definition) is 11. The van der Waals surface area contributed by atoms with Gasteiger partial charge in [-0.25, -0.2) is 0 Å². The minimum Gasteiger partial charge on any atom is -0.496 e. The average molecular weight is 612 g/mol. The van der Waals surface area contributed by atoms with Crippen molar-refractivity contribution in [3.63, 3.8) is 0 Å². The van der Waals surface area contributed by atoms with Crippen molar-refractivity contribution < 1.29 is 19.1 Å². The first-order chi connectivity index (χ1) is 19.9. The van der Waals surface area contributed by atoms with Crippen LogP contribution in [0.3, 0.4) is 0 Å². The van der Waals surface area contributed by atoms with E-state index in [1.54, 1.807) is 26.0 Å². The van der Waals surface area contributed by atoms with E-state index in [0.29, 0.717) is 10.9 Å². The molecular formula is C29H33N5O4S3. The van der Waals surface area contributed by atoms with E-state index in [9.17, 15) is 9.59 Å². The molecule has 41 heavy (non-hydrogen) atoms. The number of ether oxygens (including phenoxy) is 2. The second-order valence-corrected chi connectivity index (χ2v) is 12.7. The molecule has 2 heterocycles. The number of nitrogens with zero attached hydrogens (tertiary/aromatic N) is 4. The van der Waals surface area contributed by atoms with E-state index in [4.69, 9.17) is 9.47 Å². The Morgan fingerprint density at radius 1 is 0.780 bits per heavy atom. The molecule has 0 saturated heterocycles. The van der Waals surface area contributed by atoms with E-state index in [1.807, 2.05) is 62.4 Å². The molecule has 0 bridgehead atoms. The third-order valence-electron chi connectivity index (χ3n) is 6.54. The molecule has 4 rings (SSSR count). The number of Topliss-reactive ketones (excluding diaryl/α,β-unsaturated/α-hetero) is 1. The zero-order chi connectivity index (χ0) is 29.2. The Kier molecular flexibility index (Phi) is 11.2. The maximum Gasteiger partial charge on any atom is 0.233 e. The fourth-order valence-corrected chi connectivity index (χ4v) is 6.90. The molecule has 216 valence electrons. The van der Waals surface area contributed by atoms with Crippen LogP contribution in [0.4, 0.5) is 5.13 Å². The molecule has 4 aromatic rings. The van der Waals surface area contributed by atoms with Gasteiger partial charge in [0.1, 0.15) is 32.3 Å². The van der Waals surface area contributed by atoms with Gasteiger partial charge in [-0.15, -0.1) is 31.7 Å². The van der Waals surface area contributed by atoms with Gasteiger partial charge >= 0.3 is 0 Å². The van der Waals surface area contributed by atoms with E-state index in [1.165, 1.54) is 22.7 Å². The molecule has 2 atom stereocenters. The van der Waals surface area contributed by atoms with Crippen LogP contribution in [0.1, 0.15) is 51.8 Å². The number of ketones is 1. The van der Waals surface area contributed by atoms with Crippen molar-refractivity contribution in [3.8, 4) is 11.5 Å². The number of benzene rings is 2. The Morgan fingerprint density at radius 2 is 1.32 bits per heavy atom. The maximum atomic E-state index is 12.9. The van der Waals surface area contributed by atoms with Crippen molar-refractivity contribution in [1.82, 2.24) is 20.4 Å². The molecule has 0 spiro atoms. The third-order valence-corrected chi connectivity index (χ3v) is 9.41. The van der Waals surface area contributed by atoms with Gasteiger partial charge in [0, 0.05) is 29.9 Å². The Hall–Kier alpha value is -3.35. The molecule has 1 N–H and O–H groups in total. The van der Waals surface area contributed by atoms with Gasteiger partial charge in [0.25, 0.3) is 0 Å². The first kappa shape index (κ1) is 30.6. The minimum atomic E-state index is -0.385. The molecule has 0 aliphatic heterocycles. The fourth-order valence-electron chi connectivity index (χ4n) is 4.17. The van der Waals surface area contributed by atoms with Gasteiger partial charge in [-0.3, -0.25) is 14.9 Å². The van der Waals surface area contributed by atoms with Gasteiger partial charge < -0.3 is 9.47 Å². The van der Waals surface area contributed by atoms with E-state index in [-0.39, 0.29) is 29.9 Å². The van der Waals surface area contributed by atoms with Crippen LogP contribution in [0.15, 0.2) is 48.5 Å². The van der Waals surface area contributed by atoms with Crippen molar-refractivity contribution in [3.05, 3.63) is 74.7 Å². The van der Waals surface area contributed by atoms with Crippen LogP contribution in [0, 0.1) is 0 Å². The molecule has 0 aliphatic carbocycles. The second kappa shape index (κ2) is 15.0. The van der Waals surface area contributed by atoms with Crippen molar-refractivity contribution in [1.29, 1.82) is 0 Å². The number of thioether (sulfide) groups is 1. The topological polar surface area (TPSA) is 116 Å². The minimum absolute atomic E-state index is 0.0911. The number of aryl methyl sites for hydroxylation is 2. The monoisotopic (exact) mass is 611 g/mol. The summed E-state index contributed by atoms with van der Waals surface area (Å²) in [6, 6.07) is 15.1. The number of carbonyl (C=O) groups excluding carboxylic acids is 2. The Balaban J connectivity index is 1.17. The van der Waals surface area contributed by atoms with Crippen LogP contribution in [-0.4, -0.2) is 57.8 Å². The molecule has 0 saturated carbocycles. The average Bonchev–Trinajstić information content (AvgIpc) is 3.65. The number of nitrogens with one attached hydrogen (secondary N) is 1. The van der Waals surface area contributed by atoms with Crippen molar-refractivity contribution >= 4 is 51.3 Å². The van der Waals surface area contributed by atoms with Crippen LogP contribution in [0.25, 0.3) is 0 Å². The van der Waals surface area contributed by atoms with Gasteiger partial charge in [0.15, 0.2) is 0 Å². The lowest BCUT2D eigenvalue weighted by molar-refractivity contribution is -0.119. The van der Waals surface area contributed by atoms with Crippen molar-refractivity contribution in [2.45, 2.75) is 44.9 Å². The highest BCUT2D eigenvalue weighted by molar-refractivity contribution is 7.99. The molecule has 9 nitrogen and oxygen atoms in total. The molecule has 2 aromatic heterocycles. The first-order valence-corrected chi connectivity index (χ1v) is 16.0. The van der Waals surface area contributed by atoms with E-state index in [0.717, 1.165) is 56.2 Å². The number of amides is 1. The summed E-state index contributed by atoms with van der Waals surface area (Å²) in [5.74, 6) is 2.44. The normalized spacial score (nSPS) is 12.5. The number of rotatable bonds is 15. The maximum absolute atomic E-state index is 12.9. The zero-order valence-corrected chi connectivity index (χ0v) is 25.9. The Bertz CT molecular complexity index is 1350. The molecule has 0 fully saturated rings. The number of anilines is 1. The van der Waals surface area contributed by atoms with Gasteiger partial charge in [-0.05, 0) is 30.6 Å². The molecule has 12 heteroatoms. The lowest BCUT2D eigenvalue weighted by atomic mass is 9.94. The van der Waals surface area contributed by atoms with Gasteiger partial charge in [-0.2, -0.15) is 11.8 Å². The van der Waals surface area contributed by atoms with Crippen LogP contribution in [0.5, 0.6) is 11.5 Å². The van der Waals surface area contributed by atoms with E-state index in [2.05, 4.69) is 25.7 Å². The van der Waals surface area contributed by atoms with E-state index >= 15 is 0 Å². The highest BCUT2D eigenvalue weighted by Crippen LogP contribution is 2.29. The first-order valence-electron chi connectivity index (χ1n) is 13.2. The lowest BCUT2D eigenvalue weighted by Gasteiger charge is -2.14. The second-order valence-electron chi connectivity index (χ2n) is 9.26. The standard InChI is InChI=1S/C29H33N5O4S3/c1-18(20-9-5-7-11-23(20)37-3)22(35)17-27-33-31-25(40-27)13-15-39-16-14-26-32-34-29(41-26)30-28(36)19(2)21-10-6-8-12-24(21)38-4/h5-12,18-19H,13-17H2,1-4H3,(H,30,34,36). The van der Waals surface area contributed by atoms with Gasteiger partial charge in [0.2, 0.25) is 11.0 Å². The van der Waals surface area contributed by atoms with Crippen LogP contribution >= 0.6 is 34.4 Å². The van der Waals surface area contributed by atoms with Crippen LogP contribution in [-0.2, 0) is 28.9 Å². The van der Waals surface area contributed by atoms with Crippen molar-refractivity contribution in [2.75, 3.05) is 31.0 Å². The zero-order valence-electron chi connectivity index (χ0n) is 23.5. The van der Waals surface area contributed by atoms with Crippen LogP contribution in [0.2, 0.25) is 0 Å². The molecule has 2 unspecified atom stereocenters. The summed E-state index contributed by atoms with van der Waals surface area (Å²) in [4.78, 5) is 25.6. The number of methoxy groups -OCH3 is 2. The predicted molar refractivity (Wildman–Crippen MR) is 165 cm³/mol. The summed E-state index contributed by atoms with van der Waals surface area (Å²) in [5, 5.41) is 22.8. The number of para-hydroxylation sites is 2. The summed E-state index contributed by atoms with van der Waals surface area (Å²) in [7, 11) is 3.21. The Morgan fingerprint density at radius 3 is 1.95 bits per heavy atom. The number of aromatic nitrogens is 4. The smallest absolute Gasteiger partial charge is 0.233 e. The molecule has 0 aliphatic rings. The van der Waals surface area contributed by atoms with Crippen LogP contribution < -0.4 is 14.8 Å². The van der Waals surface area contributed by atoms with Gasteiger partial charge in [0.05, 0.1) is 26.6 Å². The fraction of sp³-hybridized carbons (Fsp3) is 0.379. The quantitative estimate of drug-likeness (QED) is 0.172. The SMILES string of the molecule is COc1ccccc1C(C)C(=O)Cc1nnc(CCSCCc2nnc(NC(=O)C(C)c3ccccc3OC)s2)s1. The third kappa shape index (κ3) is 8.34. The summed E-state index contributed by atoms with van der Waals surface area (Å²) >= 11 is 4.68. The largest absolute Gasteiger partial charge is 0.496 e.